The summed E-state index contributed by atoms with van der Waals surface area (Å²) in [5.41, 5.74) is 2.46. The van der Waals surface area contributed by atoms with Crippen LogP contribution in [0.5, 0.6) is 0 Å². The fourth-order valence-corrected chi connectivity index (χ4v) is 2.77. The van der Waals surface area contributed by atoms with Crippen molar-refractivity contribution >= 4 is 23.4 Å². The van der Waals surface area contributed by atoms with E-state index < -0.39 is 0 Å². The first kappa shape index (κ1) is 11.6. The summed E-state index contributed by atoms with van der Waals surface area (Å²) in [7, 11) is 0. The molecule has 0 unspecified atom stereocenters. The third-order valence-electron chi connectivity index (χ3n) is 2.33. The highest BCUT2D eigenvalue weighted by atomic mass is 35.5. The molecule has 2 rings (SSSR count). The molecule has 0 amide bonds. The standard InChI is InChI=1S/C14H13ClS/c1-11-7-8-14(12(9-11)10-15)16-13-5-3-2-4-6-13/h2-9H,10H2,1H3. The van der Waals surface area contributed by atoms with Gasteiger partial charge < -0.3 is 0 Å². The van der Waals surface area contributed by atoms with E-state index in [0.717, 1.165) is 0 Å². The van der Waals surface area contributed by atoms with Gasteiger partial charge in [0.25, 0.3) is 0 Å². The monoisotopic (exact) mass is 248 g/mol. The molecule has 0 saturated carbocycles. The lowest BCUT2D eigenvalue weighted by Gasteiger charge is -2.07. The molecule has 0 heterocycles. The number of alkyl halides is 1. The molecule has 16 heavy (non-hydrogen) atoms. The Morgan fingerprint density at radius 2 is 1.81 bits per heavy atom. The van der Waals surface area contributed by atoms with Crippen LogP contribution in [0.1, 0.15) is 11.1 Å². The lowest BCUT2D eigenvalue weighted by Crippen LogP contribution is -1.85. The Hall–Kier alpha value is -0.920. The SMILES string of the molecule is Cc1ccc(Sc2ccccc2)c(CCl)c1. The van der Waals surface area contributed by atoms with Crippen molar-refractivity contribution in [3.05, 3.63) is 59.7 Å². The van der Waals surface area contributed by atoms with Gasteiger partial charge in [-0.1, -0.05) is 47.7 Å². The fraction of sp³-hybridized carbons (Fsp3) is 0.143. The third-order valence-corrected chi connectivity index (χ3v) is 3.74. The summed E-state index contributed by atoms with van der Waals surface area (Å²) in [5, 5.41) is 0. The van der Waals surface area contributed by atoms with Crippen LogP contribution in [0, 0.1) is 6.92 Å². The number of rotatable bonds is 3. The van der Waals surface area contributed by atoms with Crippen molar-refractivity contribution in [2.75, 3.05) is 0 Å². The van der Waals surface area contributed by atoms with Crippen molar-refractivity contribution in [3.8, 4) is 0 Å². The van der Waals surface area contributed by atoms with Crippen LogP contribution < -0.4 is 0 Å². The Bertz CT molecular complexity index is 465. The largest absolute Gasteiger partial charge is 0.122 e. The first-order chi connectivity index (χ1) is 7.79. The summed E-state index contributed by atoms with van der Waals surface area (Å²) in [6, 6.07) is 16.8. The second kappa shape index (κ2) is 5.42. The Morgan fingerprint density at radius 3 is 2.50 bits per heavy atom. The van der Waals surface area contributed by atoms with Gasteiger partial charge in [-0.3, -0.25) is 0 Å². The van der Waals surface area contributed by atoms with E-state index in [-0.39, 0.29) is 0 Å². The Morgan fingerprint density at radius 1 is 1.06 bits per heavy atom. The molecule has 2 aromatic rings. The van der Waals surface area contributed by atoms with Gasteiger partial charge in [-0.25, -0.2) is 0 Å². The predicted octanol–water partition coefficient (Wildman–Crippen LogP) is 4.89. The molecule has 0 atom stereocenters. The molecular weight excluding hydrogens is 236 g/mol. The highest BCUT2D eigenvalue weighted by Crippen LogP contribution is 2.31. The first-order valence-corrected chi connectivity index (χ1v) is 6.53. The van der Waals surface area contributed by atoms with E-state index >= 15 is 0 Å². The Labute approximate surface area is 106 Å². The Balaban J connectivity index is 2.28. The second-order valence-corrected chi connectivity index (χ2v) is 5.04. The van der Waals surface area contributed by atoms with Gasteiger partial charge in [-0.15, -0.1) is 11.6 Å². The van der Waals surface area contributed by atoms with Gasteiger partial charge in [-0.2, -0.15) is 0 Å². The van der Waals surface area contributed by atoms with E-state index in [4.69, 9.17) is 11.6 Å². The van der Waals surface area contributed by atoms with Crippen LogP contribution in [-0.4, -0.2) is 0 Å². The summed E-state index contributed by atoms with van der Waals surface area (Å²) < 4.78 is 0. The molecule has 0 nitrogen and oxygen atoms in total. The van der Waals surface area contributed by atoms with Crippen LogP contribution in [-0.2, 0) is 5.88 Å². The number of halogens is 1. The topological polar surface area (TPSA) is 0 Å². The minimum atomic E-state index is 0.566. The normalized spacial score (nSPS) is 10.4. The van der Waals surface area contributed by atoms with Gasteiger partial charge in [0.2, 0.25) is 0 Å². The summed E-state index contributed by atoms with van der Waals surface area (Å²) in [4.78, 5) is 2.49. The van der Waals surface area contributed by atoms with Gasteiger partial charge in [0, 0.05) is 15.7 Å². The lowest BCUT2D eigenvalue weighted by molar-refractivity contribution is 1.23. The maximum atomic E-state index is 5.96. The van der Waals surface area contributed by atoms with Crippen molar-refractivity contribution in [2.45, 2.75) is 22.6 Å². The summed E-state index contributed by atoms with van der Waals surface area (Å²) in [6.07, 6.45) is 0. The van der Waals surface area contributed by atoms with Crippen LogP contribution in [0.3, 0.4) is 0 Å². The molecule has 0 fully saturated rings. The van der Waals surface area contributed by atoms with Gasteiger partial charge >= 0.3 is 0 Å². The average molecular weight is 249 g/mol. The van der Waals surface area contributed by atoms with Gasteiger partial charge in [0.15, 0.2) is 0 Å². The summed E-state index contributed by atoms with van der Waals surface area (Å²) >= 11 is 7.72. The maximum Gasteiger partial charge on any atom is 0.0485 e. The van der Waals surface area contributed by atoms with E-state index in [2.05, 4.69) is 49.4 Å². The van der Waals surface area contributed by atoms with Gasteiger partial charge in [0.1, 0.15) is 0 Å². The molecule has 0 aliphatic rings. The predicted molar refractivity (Wildman–Crippen MR) is 71.3 cm³/mol. The molecule has 0 spiro atoms. The summed E-state index contributed by atoms with van der Waals surface area (Å²) in [6.45, 7) is 2.09. The molecule has 0 N–H and O–H groups in total. The molecule has 82 valence electrons. The van der Waals surface area contributed by atoms with Crippen molar-refractivity contribution in [1.29, 1.82) is 0 Å². The quantitative estimate of drug-likeness (QED) is 0.698. The molecule has 2 heteroatoms. The van der Waals surface area contributed by atoms with Crippen LogP contribution in [0.15, 0.2) is 58.3 Å². The molecule has 0 aliphatic heterocycles. The van der Waals surface area contributed by atoms with Gasteiger partial charge in [0.05, 0.1) is 0 Å². The van der Waals surface area contributed by atoms with Crippen molar-refractivity contribution in [1.82, 2.24) is 0 Å². The molecule has 2 aromatic carbocycles. The zero-order chi connectivity index (χ0) is 11.4. The minimum Gasteiger partial charge on any atom is -0.122 e. The van der Waals surface area contributed by atoms with Crippen molar-refractivity contribution in [2.24, 2.45) is 0 Å². The molecule has 0 radical (unpaired) electrons. The number of hydrogen-bond acceptors (Lipinski definition) is 1. The van der Waals surface area contributed by atoms with Crippen LogP contribution in [0.4, 0.5) is 0 Å². The molecular formula is C14H13ClS. The number of benzene rings is 2. The van der Waals surface area contributed by atoms with E-state index in [1.54, 1.807) is 11.8 Å². The first-order valence-electron chi connectivity index (χ1n) is 5.18. The lowest BCUT2D eigenvalue weighted by atomic mass is 10.2. The third kappa shape index (κ3) is 2.81. The van der Waals surface area contributed by atoms with Crippen LogP contribution in [0.25, 0.3) is 0 Å². The van der Waals surface area contributed by atoms with E-state index in [9.17, 15) is 0 Å². The van der Waals surface area contributed by atoms with Gasteiger partial charge in [-0.05, 0) is 30.7 Å². The zero-order valence-electron chi connectivity index (χ0n) is 9.11. The smallest absolute Gasteiger partial charge is 0.0485 e. The highest BCUT2D eigenvalue weighted by Gasteiger charge is 2.03. The molecule has 0 aliphatic carbocycles. The average Bonchev–Trinajstić information content (AvgIpc) is 2.33. The molecule has 0 aromatic heterocycles. The van der Waals surface area contributed by atoms with Crippen LogP contribution >= 0.6 is 23.4 Å². The Kier molecular flexibility index (Phi) is 3.92. The van der Waals surface area contributed by atoms with Crippen LogP contribution in [0.2, 0.25) is 0 Å². The summed E-state index contributed by atoms with van der Waals surface area (Å²) in [5.74, 6) is 0.566. The van der Waals surface area contributed by atoms with Crippen molar-refractivity contribution < 1.29 is 0 Å². The fourth-order valence-electron chi connectivity index (χ4n) is 1.53. The van der Waals surface area contributed by atoms with Crippen molar-refractivity contribution in [3.63, 3.8) is 0 Å². The van der Waals surface area contributed by atoms with E-state index in [0.29, 0.717) is 5.88 Å². The molecule has 0 bridgehead atoms. The number of aryl methyl sites for hydroxylation is 1. The minimum absolute atomic E-state index is 0.566. The van der Waals surface area contributed by atoms with E-state index in [1.165, 1.54) is 20.9 Å². The van der Waals surface area contributed by atoms with E-state index in [1.807, 2.05) is 6.07 Å². The highest BCUT2D eigenvalue weighted by molar-refractivity contribution is 7.99. The zero-order valence-corrected chi connectivity index (χ0v) is 10.7. The maximum absolute atomic E-state index is 5.96. The second-order valence-electron chi connectivity index (χ2n) is 3.66. The molecule has 0 saturated heterocycles. The number of hydrogen-bond donors (Lipinski definition) is 0.